The summed E-state index contributed by atoms with van der Waals surface area (Å²) in [5.74, 6) is 0.991. The predicted molar refractivity (Wildman–Crippen MR) is 127 cm³/mol. The van der Waals surface area contributed by atoms with Gasteiger partial charge in [-0.05, 0) is 70.8 Å². The monoisotopic (exact) mass is 454 g/mol. The molecule has 1 amide bonds. The molecule has 5 nitrogen and oxygen atoms in total. The molecule has 1 aromatic rings. The van der Waals surface area contributed by atoms with Crippen molar-refractivity contribution in [3.05, 3.63) is 28.2 Å². The fourth-order valence-corrected chi connectivity index (χ4v) is 4.95. The highest BCUT2D eigenvalue weighted by Gasteiger charge is 2.24. The first-order valence-corrected chi connectivity index (χ1v) is 12.0. The fourth-order valence-electron chi connectivity index (χ4n) is 4.53. The maximum Gasteiger partial charge on any atom is 0.221 e. The average Bonchev–Trinajstić information content (AvgIpc) is 2.74. The molecule has 0 spiro atoms. The lowest BCUT2D eigenvalue weighted by atomic mass is 9.84. The van der Waals surface area contributed by atoms with Crippen molar-refractivity contribution in [3.63, 3.8) is 0 Å². The second-order valence-electron chi connectivity index (χ2n) is 9.03. The van der Waals surface area contributed by atoms with Crippen molar-refractivity contribution in [3.8, 4) is 0 Å². The van der Waals surface area contributed by atoms with E-state index in [-0.39, 0.29) is 5.91 Å². The maximum absolute atomic E-state index is 12.0. The zero-order valence-corrected chi connectivity index (χ0v) is 19.9. The summed E-state index contributed by atoms with van der Waals surface area (Å²) in [5.41, 5.74) is 1.05. The van der Waals surface area contributed by atoms with Gasteiger partial charge in [-0.25, -0.2) is 0 Å². The summed E-state index contributed by atoms with van der Waals surface area (Å²) >= 11 is 12.6. The van der Waals surface area contributed by atoms with E-state index in [1.54, 1.807) is 0 Å². The van der Waals surface area contributed by atoms with Gasteiger partial charge in [-0.3, -0.25) is 9.69 Å². The zero-order valence-electron chi connectivity index (χ0n) is 18.4. The second kappa shape index (κ2) is 11.6. The van der Waals surface area contributed by atoms with Gasteiger partial charge in [0, 0.05) is 45.2 Å². The summed E-state index contributed by atoms with van der Waals surface area (Å²) in [6.45, 7) is 6.11. The highest BCUT2D eigenvalue weighted by atomic mass is 35.5. The predicted octanol–water partition coefficient (Wildman–Crippen LogP) is 4.13. The number of nitrogens with one attached hydrogen (secondary N) is 1. The van der Waals surface area contributed by atoms with E-state index in [1.165, 1.54) is 25.8 Å². The summed E-state index contributed by atoms with van der Waals surface area (Å²) in [4.78, 5) is 19.0. The molecule has 1 heterocycles. The number of piperazine rings is 1. The van der Waals surface area contributed by atoms with Crippen LogP contribution in [0.25, 0.3) is 0 Å². The smallest absolute Gasteiger partial charge is 0.221 e. The van der Waals surface area contributed by atoms with Crippen LogP contribution in [0.15, 0.2) is 18.2 Å². The molecule has 30 heavy (non-hydrogen) atoms. The van der Waals surface area contributed by atoms with Gasteiger partial charge in [0.1, 0.15) is 0 Å². The largest absolute Gasteiger partial charge is 0.368 e. The van der Waals surface area contributed by atoms with E-state index in [9.17, 15) is 4.79 Å². The molecule has 7 heteroatoms. The number of hydrogen-bond donors (Lipinski definition) is 1. The second-order valence-corrected chi connectivity index (χ2v) is 9.81. The number of rotatable bonds is 8. The Labute approximate surface area is 191 Å². The first-order valence-electron chi connectivity index (χ1n) is 11.3. The van der Waals surface area contributed by atoms with Crippen LogP contribution in [-0.2, 0) is 4.79 Å². The van der Waals surface area contributed by atoms with Crippen molar-refractivity contribution in [1.29, 1.82) is 0 Å². The highest BCUT2D eigenvalue weighted by molar-refractivity contribution is 6.43. The summed E-state index contributed by atoms with van der Waals surface area (Å²) in [6.07, 6.45) is 6.57. The van der Waals surface area contributed by atoms with Crippen LogP contribution in [0.1, 0.15) is 38.5 Å². The number of amides is 1. The van der Waals surface area contributed by atoms with Gasteiger partial charge in [0.2, 0.25) is 5.91 Å². The minimum absolute atomic E-state index is 0.199. The Kier molecular flexibility index (Phi) is 9.12. The van der Waals surface area contributed by atoms with Gasteiger partial charge in [-0.2, -0.15) is 0 Å². The Bertz CT molecular complexity index is 684. The van der Waals surface area contributed by atoms with Gasteiger partial charge in [0.15, 0.2) is 0 Å². The molecule has 1 saturated carbocycles. The van der Waals surface area contributed by atoms with Crippen molar-refractivity contribution in [2.75, 3.05) is 58.3 Å². The zero-order chi connectivity index (χ0) is 21.5. The Morgan fingerprint density at radius 3 is 2.47 bits per heavy atom. The van der Waals surface area contributed by atoms with E-state index >= 15 is 0 Å². The molecule has 0 atom stereocenters. The standard InChI is InChI=1S/C23H36Cl2N4O/c1-27(2)12-11-22(30)26-19-8-6-18(7-9-19)10-13-28-14-16-29(17-15-28)21-5-3-4-20(24)23(21)25/h3-5,18-19H,6-17H2,1-2H3,(H,26,30). The fraction of sp³-hybridized carbons (Fsp3) is 0.696. The molecular formula is C23H36Cl2N4O. The molecule has 0 unspecified atom stereocenters. The molecule has 2 fully saturated rings. The Morgan fingerprint density at radius 1 is 1.10 bits per heavy atom. The summed E-state index contributed by atoms with van der Waals surface area (Å²) in [6, 6.07) is 6.24. The molecule has 1 aliphatic heterocycles. The average molecular weight is 455 g/mol. The summed E-state index contributed by atoms with van der Waals surface area (Å²) in [5, 5.41) is 4.52. The van der Waals surface area contributed by atoms with Crippen LogP contribution in [0.3, 0.4) is 0 Å². The Morgan fingerprint density at radius 2 is 1.80 bits per heavy atom. The quantitative estimate of drug-likeness (QED) is 0.640. The molecule has 1 aliphatic carbocycles. The lowest BCUT2D eigenvalue weighted by Gasteiger charge is -2.37. The topological polar surface area (TPSA) is 38.8 Å². The summed E-state index contributed by atoms with van der Waals surface area (Å²) in [7, 11) is 4.01. The van der Waals surface area contributed by atoms with Crippen LogP contribution in [0.5, 0.6) is 0 Å². The number of halogens is 2. The molecular weight excluding hydrogens is 419 g/mol. The Hall–Kier alpha value is -1.01. The van der Waals surface area contributed by atoms with Gasteiger partial charge >= 0.3 is 0 Å². The number of carbonyl (C=O) groups is 1. The normalized spacial score (nSPS) is 23.0. The lowest BCUT2D eigenvalue weighted by Crippen LogP contribution is -2.47. The van der Waals surface area contributed by atoms with E-state index in [2.05, 4.69) is 26.1 Å². The van der Waals surface area contributed by atoms with Crippen LogP contribution in [0.2, 0.25) is 10.0 Å². The SMILES string of the molecule is CN(C)CCC(=O)NC1CCC(CCN2CCN(c3cccc(Cl)c3Cl)CC2)CC1. The van der Waals surface area contributed by atoms with Crippen LogP contribution < -0.4 is 10.2 Å². The van der Waals surface area contributed by atoms with Crippen molar-refractivity contribution < 1.29 is 4.79 Å². The van der Waals surface area contributed by atoms with Crippen molar-refractivity contribution in [2.24, 2.45) is 5.92 Å². The maximum atomic E-state index is 12.0. The first kappa shape index (κ1) is 23.6. The van der Waals surface area contributed by atoms with Crippen molar-refractivity contribution in [2.45, 2.75) is 44.6 Å². The molecule has 1 aromatic carbocycles. The van der Waals surface area contributed by atoms with Gasteiger partial charge < -0.3 is 15.1 Å². The van der Waals surface area contributed by atoms with E-state index in [0.717, 1.165) is 57.2 Å². The van der Waals surface area contributed by atoms with E-state index < -0.39 is 0 Å². The van der Waals surface area contributed by atoms with Gasteiger partial charge in [-0.1, -0.05) is 29.3 Å². The van der Waals surface area contributed by atoms with Crippen LogP contribution >= 0.6 is 23.2 Å². The third-order valence-corrected chi connectivity index (χ3v) is 7.30. The van der Waals surface area contributed by atoms with Crippen molar-refractivity contribution in [1.82, 2.24) is 15.1 Å². The van der Waals surface area contributed by atoms with Gasteiger partial charge in [0.05, 0.1) is 15.7 Å². The molecule has 168 valence electrons. The van der Waals surface area contributed by atoms with Crippen LogP contribution in [-0.4, -0.2) is 75.1 Å². The number of benzene rings is 1. The lowest BCUT2D eigenvalue weighted by molar-refractivity contribution is -0.122. The third kappa shape index (κ3) is 7.01. The van der Waals surface area contributed by atoms with E-state index in [1.807, 2.05) is 26.2 Å². The number of anilines is 1. The summed E-state index contributed by atoms with van der Waals surface area (Å²) < 4.78 is 0. The molecule has 3 rings (SSSR count). The highest BCUT2D eigenvalue weighted by Crippen LogP contribution is 2.33. The third-order valence-electron chi connectivity index (χ3n) is 6.50. The molecule has 1 saturated heterocycles. The van der Waals surface area contributed by atoms with Crippen molar-refractivity contribution >= 4 is 34.8 Å². The van der Waals surface area contributed by atoms with Crippen LogP contribution in [0.4, 0.5) is 5.69 Å². The molecule has 0 radical (unpaired) electrons. The van der Waals surface area contributed by atoms with E-state index in [0.29, 0.717) is 22.5 Å². The molecule has 0 aromatic heterocycles. The van der Waals surface area contributed by atoms with E-state index in [4.69, 9.17) is 23.2 Å². The molecule has 0 bridgehead atoms. The van der Waals surface area contributed by atoms with Gasteiger partial charge in [0.25, 0.3) is 0 Å². The minimum Gasteiger partial charge on any atom is -0.368 e. The Balaban J connectivity index is 1.32. The number of hydrogen-bond acceptors (Lipinski definition) is 4. The molecule has 1 N–H and O–H groups in total. The van der Waals surface area contributed by atoms with Gasteiger partial charge in [-0.15, -0.1) is 0 Å². The number of carbonyl (C=O) groups excluding carboxylic acids is 1. The molecule has 2 aliphatic rings. The number of nitrogens with zero attached hydrogens (tertiary/aromatic N) is 3. The minimum atomic E-state index is 0.199. The van der Waals surface area contributed by atoms with Crippen LogP contribution in [0, 0.1) is 5.92 Å². The first-order chi connectivity index (χ1) is 14.4.